The molecule has 2 heterocycles. The number of rotatable bonds is 6. The summed E-state index contributed by atoms with van der Waals surface area (Å²) in [6, 6.07) is 11.5. The van der Waals surface area contributed by atoms with Crippen molar-refractivity contribution in [1.82, 2.24) is 9.97 Å². The van der Waals surface area contributed by atoms with Crippen LogP contribution < -0.4 is 10.1 Å². The SMILES string of the molecule is CC1CC(=O)c2c([nH]c(-c3ccncc3OCC(F)P)c2Nc2ccccc2)C1. The maximum Gasteiger partial charge on any atom is 0.167 e. The summed E-state index contributed by atoms with van der Waals surface area (Å²) >= 11 is 0. The first-order chi connectivity index (χ1) is 14.0. The molecule has 5 nitrogen and oxygen atoms in total. The maximum atomic E-state index is 13.3. The van der Waals surface area contributed by atoms with Crippen LogP contribution in [0.3, 0.4) is 0 Å². The summed E-state index contributed by atoms with van der Waals surface area (Å²) in [5.41, 5.74) is 4.70. The number of carbonyl (C=O) groups excluding carboxylic acids is 1. The van der Waals surface area contributed by atoms with Crippen molar-refractivity contribution in [2.24, 2.45) is 5.92 Å². The molecule has 1 aliphatic rings. The van der Waals surface area contributed by atoms with E-state index >= 15 is 0 Å². The van der Waals surface area contributed by atoms with Gasteiger partial charge in [-0.3, -0.25) is 9.78 Å². The minimum Gasteiger partial charge on any atom is -0.488 e. The van der Waals surface area contributed by atoms with Crippen molar-refractivity contribution < 1.29 is 13.9 Å². The van der Waals surface area contributed by atoms with E-state index in [1.54, 1.807) is 12.4 Å². The first-order valence-corrected chi connectivity index (χ1v) is 10.3. The zero-order valence-corrected chi connectivity index (χ0v) is 17.3. The Morgan fingerprint density at radius 3 is 2.86 bits per heavy atom. The zero-order chi connectivity index (χ0) is 20.4. The molecule has 0 amide bonds. The van der Waals surface area contributed by atoms with Crippen LogP contribution in [0.1, 0.15) is 29.4 Å². The fourth-order valence-corrected chi connectivity index (χ4v) is 3.81. The number of ketones is 1. The number of nitrogens with zero attached hydrogens (tertiary/aromatic N) is 1. The molecule has 1 aromatic carbocycles. The molecule has 0 bridgehead atoms. The number of H-pyrrole nitrogens is 1. The number of hydrogen-bond acceptors (Lipinski definition) is 4. The number of halogens is 1. The van der Waals surface area contributed by atoms with Gasteiger partial charge in [0.1, 0.15) is 18.3 Å². The van der Waals surface area contributed by atoms with Crippen molar-refractivity contribution in [2.75, 3.05) is 11.9 Å². The van der Waals surface area contributed by atoms with Gasteiger partial charge >= 0.3 is 0 Å². The molecule has 3 atom stereocenters. The number of Topliss-reactive ketones (excluding diaryl/α,β-unsaturated/α-hetero) is 1. The maximum absolute atomic E-state index is 13.3. The van der Waals surface area contributed by atoms with Crippen LogP contribution in [0.15, 0.2) is 48.8 Å². The summed E-state index contributed by atoms with van der Waals surface area (Å²) in [6.07, 6.45) is 4.54. The molecule has 150 valence electrons. The number of aromatic nitrogens is 2. The monoisotopic (exact) mass is 411 g/mol. The van der Waals surface area contributed by atoms with E-state index in [1.807, 2.05) is 36.4 Å². The third-order valence-electron chi connectivity index (χ3n) is 4.94. The molecule has 0 saturated carbocycles. The fourth-order valence-electron chi connectivity index (χ4n) is 3.72. The van der Waals surface area contributed by atoms with Gasteiger partial charge in [0.25, 0.3) is 0 Å². The standard InChI is InChI=1S/C22H23FN3O2P/c1-13-9-16-20(17(27)10-13)22(25-14-5-3-2-4-6-14)21(26-16)15-7-8-24-11-18(15)28-12-19(23)29/h2-8,11,13,19,25-26H,9-10,12,29H2,1H3. The lowest BCUT2D eigenvalue weighted by Crippen LogP contribution is -2.17. The Labute approximate surface area is 171 Å². The molecule has 1 aliphatic carbocycles. The van der Waals surface area contributed by atoms with Crippen LogP contribution in [0.5, 0.6) is 5.75 Å². The van der Waals surface area contributed by atoms with Gasteiger partial charge in [0.15, 0.2) is 5.78 Å². The molecular weight excluding hydrogens is 388 g/mol. The molecule has 3 unspecified atom stereocenters. The van der Waals surface area contributed by atoms with Gasteiger partial charge in [0.05, 0.1) is 23.1 Å². The number of nitrogens with one attached hydrogen (secondary N) is 2. The van der Waals surface area contributed by atoms with Crippen molar-refractivity contribution in [2.45, 2.75) is 25.7 Å². The number of benzene rings is 1. The minimum absolute atomic E-state index is 0.0960. The lowest BCUT2D eigenvalue weighted by Gasteiger charge is -2.18. The average molecular weight is 411 g/mol. The van der Waals surface area contributed by atoms with Gasteiger partial charge in [-0.05, 0) is 30.5 Å². The van der Waals surface area contributed by atoms with Crippen molar-refractivity contribution in [1.29, 1.82) is 0 Å². The van der Waals surface area contributed by atoms with E-state index in [2.05, 4.69) is 31.4 Å². The van der Waals surface area contributed by atoms with E-state index < -0.39 is 5.91 Å². The number of alkyl halides is 1. The quantitative estimate of drug-likeness (QED) is 0.552. The van der Waals surface area contributed by atoms with Crippen molar-refractivity contribution >= 4 is 26.4 Å². The molecular formula is C22H23FN3O2P. The minimum atomic E-state index is -1.18. The van der Waals surface area contributed by atoms with E-state index in [0.29, 0.717) is 17.7 Å². The third-order valence-corrected chi connectivity index (χ3v) is 5.13. The molecule has 0 saturated heterocycles. The van der Waals surface area contributed by atoms with E-state index in [-0.39, 0.29) is 18.3 Å². The summed E-state index contributed by atoms with van der Waals surface area (Å²) in [7, 11) is 2.07. The number of hydrogen-bond donors (Lipinski definition) is 2. The van der Waals surface area contributed by atoms with Crippen LogP contribution in [0, 0.1) is 5.92 Å². The number of para-hydroxylation sites is 1. The zero-order valence-electron chi connectivity index (χ0n) is 16.1. The lowest BCUT2D eigenvalue weighted by atomic mass is 9.87. The number of aromatic amines is 1. The molecule has 0 radical (unpaired) electrons. The first kappa shape index (κ1) is 19.6. The van der Waals surface area contributed by atoms with Crippen LogP contribution in [-0.4, -0.2) is 28.3 Å². The van der Waals surface area contributed by atoms with Gasteiger partial charge < -0.3 is 15.0 Å². The van der Waals surface area contributed by atoms with Crippen LogP contribution >= 0.6 is 9.24 Å². The molecule has 29 heavy (non-hydrogen) atoms. The largest absolute Gasteiger partial charge is 0.488 e. The van der Waals surface area contributed by atoms with Gasteiger partial charge in [-0.25, -0.2) is 4.39 Å². The summed E-state index contributed by atoms with van der Waals surface area (Å²) in [5.74, 6) is -0.314. The topological polar surface area (TPSA) is 67.0 Å². The van der Waals surface area contributed by atoms with Crippen LogP contribution in [0.25, 0.3) is 11.3 Å². The molecule has 0 aliphatic heterocycles. The number of carbonyl (C=O) groups is 1. The Bertz CT molecular complexity index is 1020. The second kappa shape index (κ2) is 8.34. The van der Waals surface area contributed by atoms with Gasteiger partial charge in [-0.1, -0.05) is 34.4 Å². The van der Waals surface area contributed by atoms with E-state index in [9.17, 15) is 9.18 Å². The Morgan fingerprint density at radius 1 is 1.31 bits per heavy atom. The Kier molecular flexibility index (Phi) is 5.63. The van der Waals surface area contributed by atoms with Crippen LogP contribution in [0.2, 0.25) is 0 Å². The number of pyridine rings is 1. The highest BCUT2D eigenvalue weighted by Crippen LogP contribution is 2.42. The molecule has 4 rings (SSSR count). The molecule has 2 aromatic heterocycles. The second-order valence-corrected chi connectivity index (χ2v) is 8.08. The third kappa shape index (κ3) is 4.18. The highest BCUT2D eigenvalue weighted by Gasteiger charge is 2.30. The first-order valence-electron chi connectivity index (χ1n) is 9.60. The smallest absolute Gasteiger partial charge is 0.167 e. The van der Waals surface area contributed by atoms with Gasteiger partial charge in [-0.15, -0.1) is 0 Å². The molecule has 2 N–H and O–H groups in total. The van der Waals surface area contributed by atoms with Gasteiger partial charge in [-0.2, -0.15) is 0 Å². The van der Waals surface area contributed by atoms with E-state index in [0.717, 1.165) is 34.7 Å². The molecule has 0 fully saturated rings. The van der Waals surface area contributed by atoms with Crippen molar-refractivity contribution in [3.8, 4) is 17.0 Å². The highest BCUT2D eigenvalue weighted by atomic mass is 31.0. The molecule has 7 heteroatoms. The summed E-state index contributed by atoms with van der Waals surface area (Å²) < 4.78 is 19.0. The predicted octanol–water partition coefficient (Wildman–Crippen LogP) is 5.13. The lowest BCUT2D eigenvalue weighted by molar-refractivity contribution is 0.0954. The summed E-state index contributed by atoms with van der Waals surface area (Å²) in [4.78, 5) is 20.4. The molecule has 3 aromatic rings. The van der Waals surface area contributed by atoms with Crippen molar-refractivity contribution in [3.05, 3.63) is 60.0 Å². The average Bonchev–Trinajstić information content (AvgIpc) is 3.05. The van der Waals surface area contributed by atoms with E-state index in [1.165, 1.54) is 0 Å². The predicted molar refractivity (Wildman–Crippen MR) is 116 cm³/mol. The normalized spacial score (nSPS) is 16.9. The number of anilines is 2. The Hall–Kier alpha value is -2.72. The second-order valence-electron chi connectivity index (χ2n) is 7.36. The highest BCUT2D eigenvalue weighted by molar-refractivity contribution is 7.17. The Morgan fingerprint density at radius 2 is 2.10 bits per heavy atom. The molecule has 0 spiro atoms. The Balaban J connectivity index is 1.84. The number of fused-ring (bicyclic) bond motifs is 1. The summed E-state index contributed by atoms with van der Waals surface area (Å²) in [5, 5.41) is 3.41. The van der Waals surface area contributed by atoms with E-state index in [4.69, 9.17) is 4.74 Å². The number of ether oxygens (including phenoxy) is 1. The van der Waals surface area contributed by atoms with Crippen molar-refractivity contribution in [3.63, 3.8) is 0 Å². The van der Waals surface area contributed by atoms with Gasteiger partial charge in [0.2, 0.25) is 0 Å². The van der Waals surface area contributed by atoms with Crippen LogP contribution in [0.4, 0.5) is 15.8 Å². The fraction of sp³-hybridized carbons (Fsp3) is 0.273. The summed E-state index contributed by atoms with van der Waals surface area (Å²) in [6.45, 7) is 1.98. The van der Waals surface area contributed by atoms with Gasteiger partial charge in [0, 0.05) is 29.6 Å². The van der Waals surface area contributed by atoms with Crippen LogP contribution in [-0.2, 0) is 6.42 Å².